The summed E-state index contributed by atoms with van der Waals surface area (Å²) in [5, 5.41) is 2.73. The number of fused-ring (bicyclic) bond motifs is 1. The van der Waals surface area contributed by atoms with Gasteiger partial charge in [0.2, 0.25) is 0 Å². The van der Waals surface area contributed by atoms with Crippen molar-refractivity contribution in [2.24, 2.45) is 0 Å². The van der Waals surface area contributed by atoms with Gasteiger partial charge in [-0.3, -0.25) is 14.6 Å². The number of rotatable bonds is 6. The summed E-state index contributed by atoms with van der Waals surface area (Å²) in [6, 6.07) is 11.8. The molecule has 0 radical (unpaired) electrons. The second kappa shape index (κ2) is 9.61. The van der Waals surface area contributed by atoms with E-state index in [-0.39, 0.29) is 18.3 Å². The Balaban J connectivity index is 0.00000210. The molecule has 144 valence electrons. The lowest BCUT2D eigenvalue weighted by Gasteiger charge is -2.27. The number of para-hydroxylation sites is 1. The lowest BCUT2D eigenvalue weighted by Crippen LogP contribution is -2.39. The van der Waals surface area contributed by atoms with Gasteiger partial charge in [0.1, 0.15) is 0 Å². The van der Waals surface area contributed by atoms with Gasteiger partial charge in [-0.25, -0.2) is 4.98 Å². The van der Waals surface area contributed by atoms with Crippen LogP contribution in [0.3, 0.4) is 0 Å². The van der Waals surface area contributed by atoms with Crippen LogP contribution in [-0.4, -0.2) is 55.2 Å². The Labute approximate surface area is 173 Å². The number of nitrogens with zero attached hydrogens (tertiary/aromatic N) is 3. The minimum Gasteiger partial charge on any atom is -0.379 e. The molecule has 1 aliphatic rings. The van der Waals surface area contributed by atoms with E-state index >= 15 is 0 Å². The highest BCUT2D eigenvalue weighted by atomic mass is 35.5. The second-order valence-electron chi connectivity index (χ2n) is 6.21. The first-order valence-electron chi connectivity index (χ1n) is 8.82. The summed E-state index contributed by atoms with van der Waals surface area (Å²) < 4.78 is 6.51. The van der Waals surface area contributed by atoms with E-state index in [1.165, 1.54) is 11.3 Å². The van der Waals surface area contributed by atoms with Crippen LogP contribution in [0.25, 0.3) is 10.2 Å². The average molecular weight is 424 g/mol. The molecular formula is C19H22ClN3O2S2. The zero-order valence-corrected chi connectivity index (χ0v) is 17.3. The first-order chi connectivity index (χ1) is 12.8. The van der Waals surface area contributed by atoms with Gasteiger partial charge in [0.05, 0.1) is 28.3 Å². The van der Waals surface area contributed by atoms with Crippen molar-refractivity contribution in [1.82, 2.24) is 9.88 Å². The van der Waals surface area contributed by atoms with Crippen LogP contribution >= 0.6 is 35.1 Å². The topological polar surface area (TPSA) is 45.7 Å². The van der Waals surface area contributed by atoms with E-state index < -0.39 is 0 Å². The quantitative estimate of drug-likeness (QED) is 0.597. The van der Waals surface area contributed by atoms with E-state index in [0.717, 1.165) is 59.5 Å². The molecule has 0 bridgehead atoms. The Hall–Kier alpha value is -1.51. The van der Waals surface area contributed by atoms with Crippen molar-refractivity contribution in [2.45, 2.75) is 6.42 Å². The van der Waals surface area contributed by atoms with Gasteiger partial charge in [-0.15, -0.1) is 23.7 Å². The molecule has 1 amide bonds. The molecule has 0 N–H and O–H groups in total. The Kier molecular flexibility index (Phi) is 7.20. The van der Waals surface area contributed by atoms with Crippen LogP contribution in [-0.2, 0) is 4.74 Å². The van der Waals surface area contributed by atoms with Gasteiger partial charge in [0, 0.05) is 26.2 Å². The minimum absolute atomic E-state index is 0. The fourth-order valence-electron chi connectivity index (χ4n) is 3.07. The number of aromatic nitrogens is 1. The number of hydrogen-bond acceptors (Lipinski definition) is 6. The van der Waals surface area contributed by atoms with E-state index in [1.807, 2.05) is 40.6 Å². The number of amides is 1. The van der Waals surface area contributed by atoms with Crippen molar-refractivity contribution in [3.8, 4) is 0 Å². The Bertz CT molecular complexity index is 830. The van der Waals surface area contributed by atoms with Gasteiger partial charge in [0.25, 0.3) is 5.91 Å². The number of ether oxygens (including phenoxy) is 1. The molecule has 8 heteroatoms. The normalized spacial score (nSPS) is 14.8. The van der Waals surface area contributed by atoms with Gasteiger partial charge in [-0.05, 0) is 30.0 Å². The second-order valence-corrected chi connectivity index (χ2v) is 8.16. The standard InChI is InChI=1S/C19H21N3O2S2.ClH/c23-18(17-7-3-14-25-17)22(9-4-8-21-10-12-24-13-11-21)19-20-15-5-1-2-6-16(15)26-19;/h1-3,5-7,14H,4,8-13H2;1H. The highest BCUT2D eigenvalue weighted by Crippen LogP contribution is 2.30. The molecule has 5 nitrogen and oxygen atoms in total. The van der Waals surface area contributed by atoms with Crippen molar-refractivity contribution < 1.29 is 9.53 Å². The maximum absolute atomic E-state index is 13.0. The molecule has 1 fully saturated rings. The van der Waals surface area contributed by atoms with Crippen molar-refractivity contribution in [1.29, 1.82) is 0 Å². The molecule has 4 rings (SSSR count). The molecule has 27 heavy (non-hydrogen) atoms. The molecule has 0 unspecified atom stereocenters. The van der Waals surface area contributed by atoms with E-state index in [1.54, 1.807) is 11.3 Å². The summed E-state index contributed by atoms with van der Waals surface area (Å²) in [6.07, 6.45) is 0.924. The lowest BCUT2D eigenvalue weighted by atomic mass is 10.3. The summed E-state index contributed by atoms with van der Waals surface area (Å²) in [4.78, 5) is 22.7. The third-order valence-corrected chi connectivity index (χ3v) is 6.37. The van der Waals surface area contributed by atoms with Crippen LogP contribution in [0.4, 0.5) is 5.13 Å². The predicted octanol–water partition coefficient (Wildman–Crippen LogP) is 4.15. The zero-order valence-electron chi connectivity index (χ0n) is 14.9. The number of thiazole rings is 1. The maximum Gasteiger partial charge on any atom is 0.270 e. The first-order valence-corrected chi connectivity index (χ1v) is 10.5. The number of anilines is 1. The Morgan fingerprint density at radius 3 is 2.74 bits per heavy atom. The average Bonchev–Trinajstić information content (AvgIpc) is 3.35. The van der Waals surface area contributed by atoms with E-state index in [2.05, 4.69) is 11.0 Å². The number of carbonyl (C=O) groups excluding carboxylic acids is 1. The predicted molar refractivity (Wildman–Crippen MR) is 115 cm³/mol. The molecule has 3 heterocycles. The molecule has 0 saturated carbocycles. The van der Waals surface area contributed by atoms with Crippen LogP contribution in [0.5, 0.6) is 0 Å². The van der Waals surface area contributed by atoms with Crippen LogP contribution < -0.4 is 4.90 Å². The Morgan fingerprint density at radius 2 is 2.00 bits per heavy atom. The molecule has 1 aliphatic heterocycles. The number of carbonyl (C=O) groups is 1. The van der Waals surface area contributed by atoms with Crippen LogP contribution in [0.1, 0.15) is 16.1 Å². The number of hydrogen-bond donors (Lipinski definition) is 0. The van der Waals surface area contributed by atoms with Crippen LogP contribution in [0.2, 0.25) is 0 Å². The third-order valence-electron chi connectivity index (χ3n) is 4.45. The lowest BCUT2D eigenvalue weighted by molar-refractivity contribution is 0.0376. The summed E-state index contributed by atoms with van der Waals surface area (Å²) in [6.45, 7) is 5.20. The SMILES string of the molecule is Cl.O=C(c1cccs1)N(CCCN1CCOCC1)c1nc2ccccc2s1. The Morgan fingerprint density at radius 1 is 1.19 bits per heavy atom. The van der Waals surface area contributed by atoms with E-state index in [9.17, 15) is 4.79 Å². The number of morpholine rings is 1. The molecule has 0 spiro atoms. The maximum atomic E-state index is 13.0. The molecular weight excluding hydrogens is 402 g/mol. The van der Waals surface area contributed by atoms with Crippen molar-refractivity contribution in [3.63, 3.8) is 0 Å². The van der Waals surface area contributed by atoms with Crippen molar-refractivity contribution in [2.75, 3.05) is 44.3 Å². The van der Waals surface area contributed by atoms with Gasteiger partial charge in [-0.2, -0.15) is 0 Å². The van der Waals surface area contributed by atoms with Gasteiger partial charge in [0.15, 0.2) is 5.13 Å². The zero-order chi connectivity index (χ0) is 17.8. The fourth-order valence-corrected chi connectivity index (χ4v) is 4.73. The van der Waals surface area contributed by atoms with Crippen LogP contribution in [0, 0.1) is 0 Å². The number of benzene rings is 1. The van der Waals surface area contributed by atoms with E-state index in [4.69, 9.17) is 9.72 Å². The molecule has 1 aromatic carbocycles. The largest absolute Gasteiger partial charge is 0.379 e. The highest BCUT2D eigenvalue weighted by molar-refractivity contribution is 7.22. The molecule has 0 atom stereocenters. The van der Waals surface area contributed by atoms with Gasteiger partial charge < -0.3 is 4.74 Å². The van der Waals surface area contributed by atoms with E-state index in [0.29, 0.717) is 6.54 Å². The first kappa shape index (κ1) is 20.2. The monoisotopic (exact) mass is 423 g/mol. The number of halogens is 1. The van der Waals surface area contributed by atoms with Crippen molar-refractivity contribution >= 4 is 56.3 Å². The van der Waals surface area contributed by atoms with Gasteiger partial charge in [-0.1, -0.05) is 29.5 Å². The molecule has 0 aliphatic carbocycles. The van der Waals surface area contributed by atoms with Crippen molar-refractivity contribution in [3.05, 3.63) is 46.7 Å². The number of thiophene rings is 1. The smallest absolute Gasteiger partial charge is 0.270 e. The highest BCUT2D eigenvalue weighted by Gasteiger charge is 2.22. The summed E-state index contributed by atoms with van der Waals surface area (Å²) in [7, 11) is 0. The van der Waals surface area contributed by atoms with Crippen LogP contribution in [0.15, 0.2) is 41.8 Å². The molecule has 3 aromatic rings. The molecule has 1 saturated heterocycles. The minimum atomic E-state index is 0. The summed E-state index contributed by atoms with van der Waals surface area (Å²) in [5.41, 5.74) is 0.949. The fraction of sp³-hybridized carbons (Fsp3) is 0.368. The van der Waals surface area contributed by atoms with Gasteiger partial charge >= 0.3 is 0 Å². The summed E-state index contributed by atoms with van der Waals surface area (Å²) >= 11 is 3.06. The third kappa shape index (κ3) is 4.86. The summed E-state index contributed by atoms with van der Waals surface area (Å²) in [5.74, 6) is 0.0426. The molecule has 2 aromatic heterocycles.